The van der Waals surface area contributed by atoms with Gasteiger partial charge in [0.05, 0.1) is 24.7 Å². The molecule has 4 aromatic rings. The number of amides is 2. The molecule has 2 amide bonds. The van der Waals surface area contributed by atoms with Gasteiger partial charge in [-0.3, -0.25) is 4.79 Å². The molecule has 6 rings (SSSR count). The maximum atomic E-state index is 15.9. The molecule has 3 aromatic carbocycles. The number of carbonyl (C=O) groups excluding carboxylic acids is 2. The molecule has 9 nitrogen and oxygen atoms in total. The summed E-state index contributed by atoms with van der Waals surface area (Å²) in [5.41, 5.74) is 0.335. The van der Waals surface area contributed by atoms with Crippen LogP contribution < -0.4 is 0 Å². The number of alkyl halides is 1. The van der Waals surface area contributed by atoms with Crippen LogP contribution in [0, 0.1) is 28.8 Å². The van der Waals surface area contributed by atoms with Gasteiger partial charge < -0.3 is 19.3 Å². The first-order chi connectivity index (χ1) is 24.4. The Labute approximate surface area is 294 Å². The van der Waals surface area contributed by atoms with E-state index in [4.69, 9.17) is 14.5 Å². The van der Waals surface area contributed by atoms with Crippen molar-refractivity contribution >= 4 is 12.0 Å². The van der Waals surface area contributed by atoms with E-state index in [2.05, 4.69) is 5.10 Å². The second kappa shape index (κ2) is 15.2. The number of benzene rings is 3. The molecule has 2 saturated heterocycles. The van der Waals surface area contributed by atoms with E-state index in [1.807, 2.05) is 51.1 Å². The molecular weight excluding hydrogens is 666 g/mol. The van der Waals surface area contributed by atoms with Crippen molar-refractivity contribution in [1.82, 2.24) is 24.6 Å². The minimum absolute atomic E-state index is 0.00328. The van der Waals surface area contributed by atoms with Crippen molar-refractivity contribution in [3.05, 3.63) is 107 Å². The summed E-state index contributed by atoms with van der Waals surface area (Å²) in [6.45, 7) is 5.73. The summed E-state index contributed by atoms with van der Waals surface area (Å²) in [4.78, 5) is 35.0. The highest BCUT2D eigenvalue weighted by Gasteiger charge is 2.45. The molecule has 0 bridgehead atoms. The molecule has 3 heterocycles. The Kier molecular flexibility index (Phi) is 10.8. The molecule has 51 heavy (non-hydrogen) atoms. The highest BCUT2D eigenvalue weighted by molar-refractivity contribution is 5.82. The average Bonchev–Trinajstić information content (AvgIpc) is 3.85. The van der Waals surface area contributed by atoms with Crippen LogP contribution in [0.5, 0.6) is 0 Å². The molecule has 4 atom stereocenters. The van der Waals surface area contributed by atoms with Gasteiger partial charge in [-0.25, -0.2) is 32.0 Å². The molecule has 270 valence electrons. The lowest BCUT2D eigenvalue weighted by atomic mass is 9.83. The summed E-state index contributed by atoms with van der Waals surface area (Å²) in [5, 5.41) is 4.57. The predicted octanol–water partition coefficient (Wildman–Crippen LogP) is 7.11. The van der Waals surface area contributed by atoms with Gasteiger partial charge in [0.2, 0.25) is 0 Å². The standard InChI is InChI=1S/C38H41F4N5O4/c1-38(2,3)33(35-43-34(29-18-28(40)14-15-30(29)41)44-47(35)19-25-11-7-12-27(39)17-25)46(36(48)32-13-8-16-50-32)21-26-20-45(22-31(26)42)37(49)51-23-24-9-5-4-6-10-24/h4-7,9-12,14-15,17-18,26,31-33H,8,13,16,19-23H2,1-3H3/t26-,31-,32?,33-/m0/s1. The average molecular weight is 708 g/mol. The molecule has 0 spiro atoms. The number of likely N-dealkylation sites (tertiary alicyclic amines) is 1. The molecule has 2 fully saturated rings. The fourth-order valence-electron chi connectivity index (χ4n) is 6.75. The number of halogens is 4. The predicted molar refractivity (Wildman–Crippen MR) is 180 cm³/mol. The van der Waals surface area contributed by atoms with E-state index in [1.54, 1.807) is 12.1 Å². The lowest BCUT2D eigenvalue weighted by molar-refractivity contribution is -0.147. The van der Waals surface area contributed by atoms with Crippen LogP contribution in [0.3, 0.4) is 0 Å². The van der Waals surface area contributed by atoms with Crippen molar-refractivity contribution < 1.29 is 36.6 Å². The largest absolute Gasteiger partial charge is 0.445 e. The van der Waals surface area contributed by atoms with E-state index in [0.29, 0.717) is 25.0 Å². The highest BCUT2D eigenvalue weighted by Crippen LogP contribution is 2.41. The minimum atomic E-state index is -1.48. The van der Waals surface area contributed by atoms with Crippen LogP contribution >= 0.6 is 0 Å². The smallest absolute Gasteiger partial charge is 0.410 e. The Morgan fingerprint density at radius 3 is 2.43 bits per heavy atom. The quantitative estimate of drug-likeness (QED) is 0.163. The molecule has 0 N–H and O–H groups in total. The number of ether oxygens (including phenoxy) is 2. The first kappa shape index (κ1) is 36.0. The molecule has 0 saturated carbocycles. The van der Waals surface area contributed by atoms with Gasteiger partial charge in [-0.05, 0) is 59.7 Å². The van der Waals surface area contributed by atoms with Gasteiger partial charge in [-0.1, -0.05) is 63.2 Å². The fraction of sp³-hybridized carbons (Fsp3) is 0.421. The number of aromatic nitrogens is 3. The summed E-state index contributed by atoms with van der Waals surface area (Å²) in [6, 6.07) is 17.1. The van der Waals surface area contributed by atoms with E-state index in [9.17, 15) is 18.4 Å². The van der Waals surface area contributed by atoms with Gasteiger partial charge in [0.15, 0.2) is 11.6 Å². The van der Waals surface area contributed by atoms with E-state index >= 15 is 8.78 Å². The maximum absolute atomic E-state index is 15.9. The second-order valence-electron chi connectivity index (χ2n) is 14.2. The molecule has 0 aliphatic carbocycles. The summed E-state index contributed by atoms with van der Waals surface area (Å²) in [6.07, 6.45) is -1.80. The van der Waals surface area contributed by atoms with Crippen molar-refractivity contribution in [2.75, 3.05) is 26.2 Å². The van der Waals surface area contributed by atoms with Crippen LogP contribution in [-0.4, -0.2) is 75.1 Å². The molecule has 0 radical (unpaired) electrons. The molecule has 13 heteroatoms. The highest BCUT2D eigenvalue weighted by atomic mass is 19.1. The number of carbonyl (C=O) groups is 2. The Balaban J connectivity index is 1.37. The van der Waals surface area contributed by atoms with Gasteiger partial charge in [0.1, 0.15) is 36.3 Å². The number of hydrogen-bond donors (Lipinski definition) is 0. The summed E-state index contributed by atoms with van der Waals surface area (Å²) >= 11 is 0. The molecule has 2 aliphatic rings. The maximum Gasteiger partial charge on any atom is 0.410 e. The first-order valence-electron chi connectivity index (χ1n) is 17.0. The molecule has 1 aromatic heterocycles. The summed E-state index contributed by atoms with van der Waals surface area (Å²) in [7, 11) is 0. The van der Waals surface area contributed by atoms with Crippen LogP contribution in [0.25, 0.3) is 11.4 Å². The number of nitrogens with zero attached hydrogens (tertiary/aromatic N) is 5. The topological polar surface area (TPSA) is 89.8 Å². The van der Waals surface area contributed by atoms with Crippen LogP contribution in [-0.2, 0) is 27.4 Å². The van der Waals surface area contributed by atoms with Gasteiger partial charge in [-0.2, -0.15) is 5.10 Å². The number of rotatable bonds is 10. The monoisotopic (exact) mass is 707 g/mol. The third kappa shape index (κ3) is 8.41. The Morgan fingerprint density at radius 2 is 1.73 bits per heavy atom. The molecule has 1 unspecified atom stereocenters. The lowest BCUT2D eigenvalue weighted by Gasteiger charge is -2.41. The van der Waals surface area contributed by atoms with Crippen LogP contribution in [0.4, 0.5) is 22.4 Å². The minimum Gasteiger partial charge on any atom is -0.445 e. The fourth-order valence-corrected chi connectivity index (χ4v) is 6.75. The van der Waals surface area contributed by atoms with E-state index in [1.165, 1.54) is 26.6 Å². The van der Waals surface area contributed by atoms with Gasteiger partial charge in [0.25, 0.3) is 5.91 Å². The van der Waals surface area contributed by atoms with Crippen LogP contribution in [0.15, 0.2) is 72.8 Å². The van der Waals surface area contributed by atoms with E-state index < -0.39 is 53.2 Å². The van der Waals surface area contributed by atoms with Crippen molar-refractivity contribution in [2.45, 2.75) is 65.1 Å². The Morgan fingerprint density at radius 1 is 0.980 bits per heavy atom. The van der Waals surface area contributed by atoms with Crippen LogP contribution in [0.2, 0.25) is 0 Å². The number of hydrogen-bond acceptors (Lipinski definition) is 6. The normalized spacial score (nSPS) is 19.7. The van der Waals surface area contributed by atoms with Crippen molar-refractivity contribution in [3.8, 4) is 11.4 Å². The Bertz CT molecular complexity index is 1840. The zero-order valence-corrected chi connectivity index (χ0v) is 28.8. The van der Waals surface area contributed by atoms with Crippen molar-refractivity contribution in [2.24, 2.45) is 11.3 Å². The SMILES string of the molecule is CC(C)(C)[C@H](c1nc(-c2cc(F)ccc2F)nn1Cc1cccc(F)c1)N(C[C@@H]1CN(C(=O)OCc2ccccc2)C[C@@H]1F)C(=O)C1CCCO1. The summed E-state index contributed by atoms with van der Waals surface area (Å²) < 4.78 is 72.4. The molecule has 2 aliphatic heterocycles. The Hall–Kier alpha value is -4.78. The summed E-state index contributed by atoms with van der Waals surface area (Å²) in [5.74, 6) is -3.02. The lowest BCUT2D eigenvalue weighted by Crippen LogP contribution is -2.49. The van der Waals surface area contributed by atoms with Gasteiger partial charge in [0, 0.05) is 25.6 Å². The zero-order valence-electron chi connectivity index (χ0n) is 28.8. The molecular formula is C38H41F4N5O4. The second-order valence-corrected chi connectivity index (χ2v) is 14.2. The van der Waals surface area contributed by atoms with Crippen molar-refractivity contribution in [1.29, 1.82) is 0 Å². The zero-order chi connectivity index (χ0) is 36.3. The van der Waals surface area contributed by atoms with Crippen LogP contribution in [0.1, 0.15) is 56.6 Å². The first-order valence-corrected chi connectivity index (χ1v) is 17.0. The van der Waals surface area contributed by atoms with E-state index in [-0.39, 0.29) is 55.9 Å². The van der Waals surface area contributed by atoms with Gasteiger partial charge in [-0.15, -0.1) is 0 Å². The third-order valence-electron chi connectivity index (χ3n) is 9.21. The van der Waals surface area contributed by atoms with Crippen molar-refractivity contribution in [3.63, 3.8) is 0 Å². The van der Waals surface area contributed by atoms with Gasteiger partial charge >= 0.3 is 6.09 Å². The third-order valence-corrected chi connectivity index (χ3v) is 9.21. The van der Waals surface area contributed by atoms with E-state index in [0.717, 1.165) is 23.8 Å².